The van der Waals surface area contributed by atoms with Crippen LogP contribution in [0.2, 0.25) is 0 Å². The largest absolute Gasteiger partial charge is 0.337 e. The lowest BCUT2D eigenvalue weighted by Gasteiger charge is -2.44. The maximum absolute atomic E-state index is 11.8. The molecule has 92 valence electrons. The number of rotatable bonds is 2. The Hall–Kier alpha value is -0.860. The summed E-state index contributed by atoms with van der Waals surface area (Å²) in [5, 5.41) is 0. The number of amides is 1. The molecule has 0 spiro atoms. The Bertz CT molecular complexity index is 300. The van der Waals surface area contributed by atoms with Gasteiger partial charge in [0.05, 0.1) is 6.42 Å². The van der Waals surface area contributed by atoms with Crippen LogP contribution >= 0.6 is 0 Å². The van der Waals surface area contributed by atoms with E-state index in [9.17, 15) is 9.59 Å². The number of piperidine rings is 1. The van der Waals surface area contributed by atoms with Crippen molar-refractivity contribution >= 4 is 11.7 Å². The minimum absolute atomic E-state index is 0.00880. The molecule has 0 unspecified atom stereocenters. The summed E-state index contributed by atoms with van der Waals surface area (Å²) >= 11 is 0. The molecule has 0 aromatic carbocycles. The van der Waals surface area contributed by atoms with Crippen molar-refractivity contribution in [3.05, 3.63) is 0 Å². The minimum Gasteiger partial charge on any atom is -0.337 e. The summed E-state index contributed by atoms with van der Waals surface area (Å²) in [6.07, 6.45) is 1.55. The number of likely N-dealkylation sites (tertiary alicyclic amines) is 1. The second-order valence-electron chi connectivity index (χ2n) is 6.56. The van der Waals surface area contributed by atoms with Gasteiger partial charge in [0.15, 0.2) is 0 Å². The molecule has 0 aliphatic carbocycles. The molecule has 0 aromatic heterocycles. The standard InChI is InChI=1S/C13H23NO2/c1-12(2,3)9-13(4,5)14-7-6-10(15)8-11(14)16/h6-9H2,1-5H3. The van der Waals surface area contributed by atoms with E-state index < -0.39 is 0 Å². The molecular weight excluding hydrogens is 202 g/mol. The predicted molar refractivity (Wildman–Crippen MR) is 64.1 cm³/mol. The third kappa shape index (κ3) is 3.32. The Morgan fingerprint density at radius 2 is 1.69 bits per heavy atom. The molecule has 0 aromatic rings. The highest BCUT2D eigenvalue weighted by molar-refractivity contribution is 6.00. The molecule has 3 heteroatoms. The smallest absolute Gasteiger partial charge is 0.230 e. The van der Waals surface area contributed by atoms with Crippen LogP contribution in [0.1, 0.15) is 53.9 Å². The van der Waals surface area contributed by atoms with Gasteiger partial charge in [0, 0.05) is 18.5 Å². The van der Waals surface area contributed by atoms with Crippen molar-refractivity contribution in [2.75, 3.05) is 6.54 Å². The van der Waals surface area contributed by atoms with Gasteiger partial charge in [-0.05, 0) is 25.7 Å². The quantitative estimate of drug-likeness (QED) is 0.677. The first-order chi connectivity index (χ1) is 7.12. The van der Waals surface area contributed by atoms with Gasteiger partial charge in [-0.2, -0.15) is 0 Å². The van der Waals surface area contributed by atoms with Gasteiger partial charge in [0.1, 0.15) is 5.78 Å². The second kappa shape index (κ2) is 4.19. The summed E-state index contributed by atoms with van der Waals surface area (Å²) in [4.78, 5) is 24.9. The van der Waals surface area contributed by atoms with E-state index in [-0.39, 0.29) is 29.1 Å². The molecule has 3 nitrogen and oxygen atoms in total. The highest BCUT2D eigenvalue weighted by Gasteiger charge is 2.37. The Balaban J connectivity index is 2.75. The molecule has 1 rings (SSSR count). The van der Waals surface area contributed by atoms with Gasteiger partial charge < -0.3 is 4.90 Å². The zero-order valence-electron chi connectivity index (χ0n) is 11.1. The average molecular weight is 225 g/mol. The van der Waals surface area contributed by atoms with Crippen LogP contribution in [0, 0.1) is 5.41 Å². The molecule has 0 atom stereocenters. The van der Waals surface area contributed by atoms with Gasteiger partial charge in [-0.1, -0.05) is 20.8 Å². The van der Waals surface area contributed by atoms with Crippen LogP contribution in [0.25, 0.3) is 0 Å². The molecule has 0 radical (unpaired) electrons. The lowest BCUT2D eigenvalue weighted by Crippen LogP contribution is -2.53. The zero-order chi connectivity index (χ0) is 12.6. The molecule has 0 saturated carbocycles. The Labute approximate surface area is 98.2 Å². The molecule has 0 bridgehead atoms. The topological polar surface area (TPSA) is 37.4 Å². The minimum atomic E-state index is -0.157. The molecule has 1 heterocycles. The van der Waals surface area contributed by atoms with Gasteiger partial charge >= 0.3 is 0 Å². The highest BCUT2D eigenvalue weighted by atomic mass is 16.2. The predicted octanol–water partition coefficient (Wildman–Crippen LogP) is 2.39. The van der Waals surface area contributed by atoms with E-state index in [1.165, 1.54) is 0 Å². The second-order valence-corrected chi connectivity index (χ2v) is 6.56. The maximum Gasteiger partial charge on any atom is 0.230 e. The van der Waals surface area contributed by atoms with Crippen LogP contribution in [0.5, 0.6) is 0 Å². The van der Waals surface area contributed by atoms with E-state index >= 15 is 0 Å². The Morgan fingerprint density at radius 3 is 2.12 bits per heavy atom. The summed E-state index contributed by atoms with van der Waals surface area (Å²) < 4.78 is 0. The lowest BCUT2D eigenvalue weighted by atomic mass is 9.80. The van der Waals surface area contributed by atoms with E-state index in [4.69, 9.17) is 0 Å². The van der Waals surface area contributed by atoms with Crippen LogP contribution in [0.3, 0.4) is 0 Å². The third-order valence-corrected chi connectivity index (χ3v) is 2.96. The van der Waals surface area contributed by atoms with Crippen LogP contribution in [-0.4, -0.2) is 28.7 Å². The van der Waals surface area contributed by atoms with E-state index in [1.807, 2.05) is 4.90 Å². The molecule has 1 fully saturated rings. The van der Waals surface area contributed by atoms with E-state index in [0.717, 1.165) is 6.42 Å². The van der Waals surface area contributed by atoms with Gasteiger partial charge in [-0.3, -0.25) is 9.59 Å². The number of carbonyl (C=O) groups is 2. The molecule has 16 heavy (non-hydrogen) atoms. The first-order valence-electron chi connectivity index (χ1n) is 5.94. The Kier molecular flexibility index (Phi) is 3.46. The van der Waals surface area contributed by atoms with Crippen LogP contribution in [0.4, 0.5) is 0 Å². The number of nitrogens with zero attached hydrogens (tertiary/aromatic N) is 1. The number of Topliss-reactive ketones (excluding diaryl/α,β-unsaturated/α-hetero) is 1. The van der Waals surface area contributed by atoms with Crippen molar-refractivity contribution in [3.63, 3.8) is 0 Å². The molecule has 0 N–H and O–H groups in total. The van der Waals surface area contributed by atoms with Crippen molar-refractivity contribution in [2.24, 2.45) is 5.41 Å². The van der Waals surface area contributed by atoms with Gasteiger partial charge in [0.25, 0.3) is 0 Å². The SMILES string of the molecule is CC(C)(C)CC(C)(C)N1CCC(=O)CC1=O. The van der Waals surface area contributed by atoms with Crippen molar-refractivity contribution in [1.29, 1.82) is 0 Å². The molecule has 1 aliphatic heterocycles. The highest BCUT2D eigenvalue weighted by Crippen LogP contribution is 2.32. The van der Waals surface area contributed by atoms with Gasteiger partial charge in [-0.25, -0.2) is 0 Å². The number of ketones is 1. The van der Waals surface area contributed by atoms with Crippen molar-refractivity contribution < 1.29 is 9.59 Å². The van der Waals surface area contributed by atoms with Crippen LogP contribution < -0.4 is 0 Å². The molecule has 1 amide bonds. The summed E-state index contributed by atoms with van der Waals surface area (Å²) in [5.74, 6) is 0.0679. The fraction of sp³-hybridized carbons (Fsp3) is 0.846. The summed E-state index contributed by atoms with van der Waals surface area (Å²) in [5.41, 5.74) is 0.0290. The van der Waals surface area contributed by atoms with E-state index in [1.54, 1.807) is 0 Å². The van der Waals surface area contributed by atoms with Crippen molar-refractivity contribution in [3.8, 4) is 0 Å². The first-order valence-corrected chi connectivity index (χ1v) is 5.94. The van der Waals surface area contributed by atoms with Gasteiger partial charge in [0.2, 0.25) is 5.91 Å². The fourth-order valence-electron chi connectivity index (χ4n) is 2.75. The normalized spacial score (nSPS) is 19.2. The number of hydrogen-bond donors (Lipinski definition) is 0. The Morgan fingerprint density at radius 1 is 1.12 bits per heavy atom. The van der Waals surface area contributed by atoms with Crippen LogP contribution in [0.15, 0.2) is 0 Å². The lowest BCUT2D eigenvalue weighted by molar-refractivity contribution is -0.145. The molecule has 1 saturated heterocycles. The summed E-state index contributed by atoms with van der Waals surface area (Å²) in [7, 11) is 0. The zero-order valence-corrected chi connectivity index (χ0v) is 11.1. The van der Waals surface area contributed by atoms with Crippen molar-refractivity contribution in [2.45, 2.75) is 59.4 Å². The summed E-state index contributed by atoms with van der Waals surface area (Å²) in [6, 6.07) is 0. The fourth-order valence-corrected chi connectivity index (χ4v) is 2.75. The third-order valence-electron chi connectivity index (χ3n) is 2.96. The number of carbonyl (C=O) groups excluding carboxylic acids is 2. The van der Waals surface area contributed by atoms with E-state index in [0.29, 0.717) is 13.0 Å². The molecule has 1 aliphatic rings. The monoisotopic (exact) mass is 225 g/mol. The van der Waals surface area contributed by atoms with Gasteiger partial charge in [-0.15, -0.1) is 0 Å². The van der Waals surface area contributed by atoms with Crippen molar-refractivity contribution in [1.82, 2.24) is 4.90 Å². The first kappa shape index (κ1) is 13.2. The van der Waals surface area contributed by atoms with Crippen LogP contribution in [-0.2, 0) is 9.59 Å². The summed E-state index contributed by atoms with van der Waals surface area (Å²) in [6.45, 7) is 11.3. The van der Waals surface area contributed by atoms with E-state index in [2.05, 4.69) is 34.6 Å². The number of hydrogen-bond acceptors (Lipinski definition) is 2. The average Bonchev–Trinajstić information content (AvgIpc) is 1.97. The maximum atomic E-state index is 11.8. The molecular formula is C13H23NO2.